The van der Waals surface area contributed by atoms with Crippen LogP contribution in [0.4, 0.5) is 0 Å². The van der Waals surface area contributed by atoms with Crippen LogP contribution in [0.1, 0.15) is 44.4 Å². The summed E-state index contributed by atoms with van der Waals surface area (Å²) < 4.78 is 52.5. The highest BCUT2D eigenvalue weighted by molar-refractivity contribution is 5.15. The predicted molar refractivity (Wildman–Crippen MR) is 171 cm³/mol. The lowest BCUT2D eigenvalue weighted by atomic mass is 10.1. The molecule has 0 saturated carbocycles. The SMILES string of the molecule is CC1(C)O[C@H]2O[C@H](COCc3ccccc3)C(O)[C@@H]2O1.CC1(C)O[C@H]2O[C@H](COCc3ccccc3)C(OCc3ccccc3)[C@@H]2O1. The number of fused-ring (bicyclic) bond motifs is 2. The number of aliphatic hydroxyl groups excluding tert-OH is 1. The van der Waals surface area contributed by atoms with E-state index in [2.05, 4.69) is 0 Å². The number of hydrogen-bond donors (Lipinski definition) is 1. The maximum absolute atomic E-state index is 10.2. The molecule has 3 aromatic rings. The lowest BCUT2D eigenvalue weighted by Crippen LogP contribution is -2.38. The van der Waals surface area contributed by atoms with Crippen molar-refractivity contribution in [1.29, 1.82) is 0 Å². The first kappa shape index (κ1) is 34.1. The van der Waals surface area contributed by atoms with Crippen molar-refractivity contribution in [3.8, 4) is 0 Å². The molecule has 4 fully saturated rings. The Bertz CT molecular complexity index is 1370. The normalized spacial score (nSPS) is 31.6. The van der Waals surface area contributed by atoms with Crippen molar-refractivity contribution < 1.29 is 47.7 Å². The zero-order chi connectivity index (χ0) is 32.9. The molecule has 3 aromatic carbocycles. The summed E-state index contributed by atoms with van der Waals surface area (Å²) in [7, 11) is 0. The molecule has 0 amide bonds. The summed E-state index contributed by atoms with van der Waals surface area (Å²) in [5.41, 5.74) is 3.34. The second-order valence-electron chi connectivity index (χ2n) is 13.0. The van der Waals surface area contributed by atoms with Crippen LogP contribution < -0.4 is 0 Å². The van der Waals surface area contributed by atoms with Crippen LogP contribution in [0, 0.1) is 0 Å². The molecule has 47 heavy (non-hydrogen) atoms. The van der Waals surface area contributed by atoms with Crippen LogP contribution in [0.5, 0.6) is 0 Å². The molecular formula is C37H46O10. The van der Waals surface area contributed by atoms with Gasteiger partial charge in [-0.25, -0.2) is 0 Å². The molecule has 0 spiro atoms. The lowest BCUT2D eigenvalue weighted by Gasteiger charge is -2.26. The van der Waals surface area contributed by atoms with Crippen LogP contribution >= 0.6 is 0 Å². The molecule has 0 aromatic heterocycles. The van der Waals surface area contributed by atoms with E-state index in [0.29, 0.717) is 33.0 Å². The third-order valence-electron chi connectivity index (χ3n) is 8.27. The number of aliphatic hydroxyl groups is 1. The summed E-state index contributed by atoms with van der Waals surface area (Å²) >= 11 is 0. The first-order valence-electron chi connectivity index (χ1n) is 16.2. The van der Waals surface area contributed by atoms with E-state index in [4.69, 9.17) is 42.6 Å². The average Bonchev–Trinajstić information content (AvgIpc) is 3.73. The summed E-state index contributed by atoms with van der Waals surface area (Å²) in [4.78, 5) is 0. The van der Waals surface area contributed by atoms with E-state index >= 15 is 0 Å². The second kappa shape index (κ2) is 15.2. The summed E-state index contributed by atoms with van der Waals surface area (Å²) in [5, 5.41) is 10.2. The van der Waals surface area contributed by atoms with Crippen LogP contribution in [-0.4, -0.2) is 79.1 Å². The largest absolute Gasteiger partial charge is 0.387 e. The smallest absolute Gasteiger partial charge is 0.190 e. The molecule has 0 bridgehead atoms. The monoisotopic (exact) mass is 650 g/mol. The fourth-order valence-corrected chi connectivity index (χ4v) is 6.08. The van der Waals surface area contributed by atoms with Crippen LogP contribution in [-0.2, 0) is 62.5 Å². The van der Waals surface area contributed by atoms with E-state index in [1.807, 2.05) is 119 Å². The standard InChI is InChI=1S/C22H26O5.C15H20O5/c1-22(2)26-20-19(24-14-17-11-7-4-8-12-17)18(25-21(20)27-22)15-23-13-16-9-5-3-6-10-16;1-15(2)19-13-12(16)11(18-14(13)20-15)9-17-8-10-6-4-3-5-7-10/h3-12,18-21H,13-15H2,1-2H3;3-7,11-14,16H,8-9H2,1-2H3/t18-,19?,20+,21-;11-,12?,13+,14-/m11/s1. The molecule has 4 aliphatic rings. The first-order valence-corrected chi connectivity index (χ1v) is 16.2. The molecule has 1 N–H and O–H groups in total. The van der Waals surface area contributed by atoms with Crippen molar-refractivity contribution in [3.05, 3.63) is 108 Å². The van der Waals surface area contributed by atoms with E-state index in [1.165, 1.54) is 0 Å². The van der Waals surface area contributed by atoms with Gasteiger partial charge in [0.25, 0.3) is 0 Å². The summed E-state index contributed by atoms with van der Waals surface area (Å²) in [6, 6.07) is 30.1. The van der Waals surface area contributed by atoms with Gasteiger partial charge >= 0.3 is 0 Å². The van der Waals surface area contributed by atoms with Crippen LogP contribution in [0.2, 0.25) is 0 Å². The quantitative estimate of drug-likeness (QED) is 0.301. The van der Waals surface area contributed by atoms with Gasteiger partial charge in [0.2, 0.25) is 0 Å². The molecule has 2 unspecified atom stereocenters. The third-order valence-corrected chi connectivity index (χ3v) is 8.27. The van der Waals surface area contributed by atoms with Gasteiger partial charge in [-0.2, -0.15) is 0 Å². The number of hydrogen-bond acceptors (Lipinski definition) is 10. The molecule has 7 rings (SSSR count). The highest BCUT2D eigenvalue weighted by Gasteiger charge is 2.56. The van der Waals surface area contributed by atoms with E-state index in [1.54, 1.807) is 0 Å². The molecule has 10 nitrogen and oxygen atoms in total. The maximum Gasteiger partial charge on any atom is 0.190 e. The van der Waals surface area contributed by atoms with Crippen molar-refractivity contribution >= 4 is 0 Å². The van der Waals surface area contributed by atoms with Gasteiger partial charge in [-0.1, -0.05) is 91.0 Å². The molecule has 10 heteroatoms. The van der Waals surface area contributed by atoms with Crippen molar-refractivity contribution in [2.75, 3.05) is 13.2 Å². The second-order valence-corrected chi connectivity index (χ2v) is 13.0. The Morgan fingerprint density at radius 1 is 0.553 bits per heavy atom. The Morgan fingerprint density at radius 3 is 1.49 bits per heavy atom. The molecule has 4 saturated heterocycles. The summed E-state index contributed by atoms with van der Waals surface area (Å²) in [6.07, 6.45) is -3.24. The minimum atomic E-state index is -0.724. The molecule has 8 atom stereocenters. The van der Waals surface area contributed by atoms with Crippen molar-refractivity contribution in [3.63, 3.8) is 0 Å². The van der Waals surface area contributed by atoms with Crippen molar-refractivity contribution in [2.24, 2.45) is 0 Å². The molecular weight excluding hydrogens is 604 g/mol. The number of rotatable bonds is 11. The first-order chi connectivity index (χ1) is 22.7. The minimum Gasteiger partial charge on any atom is -0.387 e. The topological polar surface area (TPSA) is 103 Å². The van der Waals surface area contributed by atoms with Gasteiger partial charge in [0.1, 0.15) is 36.6 Å². The minimum absolute atomic E-state index is 0.233. The van der Waals surface area contributed by atoms with Crippen molar-refractivity contribution in [2.45, 2.75) is 108 Å². The molecule has 0 radical (unpaired) electrons. The Hall–Kier alpha value is -2.74. The van der Waals surface area contributed by atoms with Gasteiger partial charge in [0.15, 0.2) is 24.2 Å². The average molecular weight is 651 g/mol. The lowest BCUT2D eigenvalue weighted by molar-refractivity contribution is -0.225. The zero-order valence-electron chi connectivity index (χ0n) is 27.4. The number of ether oxygens (including phenoxy) is 9. The van der Waals surface area contributed by atoms with Gasteiger partial charge in [-0.3, -0.25) is 0 Å². The summed E-state index contributed by atoms with van der Waals surface area (Å²) in [5.74, 6) is -1.37. The Labute approximate surface area is 276 Å². The molecule has 4 heterocycles. The van der Waals surface area contributed by atoms with E-state index in [9.17, 15) is 5.11 Å². The maximum atomic E-state index is 10.2. The zero-order valence-corrected chi connectivity index (χ0v) is 27.4. The fraction of sp³-hybridized carbons (Fsp3) is 0.514. The Kier molecular flexibility index (Phi) is 11.0. The van der Waals surface area contributed by atoms with Gasteiger partial charge in [-0.05, 0) is 44.4 Å². The van der Waals surface area contributed by atoms with Crippen LogP contribution in [0.3, 0.4) is 0 Å². The highest BCUT2D eigenvalue weighted by atomic mass is 16.9. The highest BCUT2D eigenvalue weighted by Crippen LogP contribution is 2.39. The fourth-order valence-electron chi connectivity index (χ4n) is 6.08. The summed E-state index contributed by atoms with van der Waals surface area (Å²) in [6.45, 7) is 9.67. The van der Waals surface area contributed by atoms with Crippen LogP contribution in [0.15, 0.2) is 91.0 Å². The van der Waals surface area contributed by atoms with Gasteiger partial charge in [-0.15, -0.1) is 0 Å². The van der Waals surface area contributed by atoms with E-state index in [-0.39, 0.29) is 18.3 Å². The van der Waals surface area contributed by atoms with E-state index in [0.717, 1.165) is 16.7 Å². The van der Waals surface area contributed by atoms with Gasteiger partial charge in [0.05, 0.1) is 33.0 Å². The van der Waals surface area contributed by atoms with Gasteiger partial charge < -0.3 is 47.7 Å². The van der Waals surface area contributed by atoms with E-state index < -0.39 is 42.5 Å². The molecule has 254 valence electrons. The molecule has 0 aliphatic carbocycles. The van der Waals surface area contributed by atoms with Crippen molar-refractivity contribution in [1.82, 2.24) is 0 Å². The molecule has 4 aliphatic heterocycles. The predicted octanol–water partition coefficient (Wildman–Crippen LogP) is 5.11. The van der Waals surface area contributed by atoms with Crippen LogP contribution in [0.25, 0.3) is 0 Å². The van der Waals surface area contributed by atoms with Gasteiger partial charge in [0, 0.05) is 0 Å². The number of benzene rings is 3. The Balaban J connectivity index is 0.000000172. The Morgan fingerprint density at radius 2 is 0.979 bits per heavy atom. The third kappa shape index (κ3) is 9.04.